The molecule has 0 aliphatic heterocycles. The van der Waals surface area contributed by atoms with E-state index < -0.39 is 13.9 Å². The van der Waals surface area contributed by atoms with E-state index in [0.717, 1.165) is 11.1 Å². The van der Waals surface area contributed by atoms with Crippen molar-refractivity contribution >= 4 is 29.8 Å². The lowest BCUT2D eigenvalue weighted by Crippen LogP contribution is -2.25. The van der Waals surface area contributed by atoms with Gasteiger partial charge in [-0.25, -0.2) is 0 Å². The molecule has 1 atom stereocenters. The van der Waals surface area contributed by atoms with Crippen LogP contribution in [0.1, 0.15) is 23.5 Å². The van der Waals surface area contributed by atoms with Crippen molar-refractivity contribution in [2.75, 3.05) is 0 Å². The Morgan fingerprint density at radius 3 is 1.67 bits per heavy atom. The number of rotatable bonds is 7. The molecule has 148 valence electrons. The first kappa shape index (κ1) is 20.1. The lowest BCUT2D eigenvalue weighted by Gasteiger charge is -2.26. The van der Waals surface area contributed by atoms with Gasteiger partial charge in [0, 0.05) is 5.92 Å². The molecular weight excluding hydrogens is 387 g/mol. The van der Waals surface area contributed by atoms with Gasteiger partial charge in [0.25, 0.3) is 0 Å². The van der Waals surface area contributed by atoms with E-state index in [4.69, 9.17) is 0 Å². The molecule has 0 spiro atoms. The predicted molar refractivity (Wildman–Crippen MR) is 126 cm³/mol. The molecule has 0 heterocycles. The first-order valence-corrected chi connectivity index (χ1v) is 11.3. The van der Waals surface area contributed by atoms with Crippen LogP contribution in [0.3, 0.4) is 0 Å². The zero-order valence-electron chi connectivity index (χ0n) is 16.6. The maximum Gasteiger partial charge on any atom is 0.304 e. The summed E-state index contributed by atoms with van der Waals surface area (Å²) in [4.78, 5) is 11.8. The predicted octanol–water partition coefficient (Wildman–Crippen LogP) is 5.05. The van der Waals surface area contributed by atoms with Gasteiger partial charge in [-0.2, -0.15) is 0 Å². The first-order valence-electron chi connectivity index (χ1n) is 10.00. The molecule has 0 aliphatic carbocycles. The average Bonchev–Trinajstić information content (AvgIpc) is 2.80. The van der Waals surface area contributed by atoms with Crippen molar-refractivity contribution < 1.29 is 9.90 Å². The number of carboxylic acids is 1. The molecule has 4 rings (SSSR count). The Morgan fingerprint density at radius 2 is 1.13 bits per heavy atom. The van der Waals surface area contributed by atoms with Crippen LogP contribution in [-0.4, -0.2) is 11.1 Å². The Morgan fingerprint density at radius 1 is 0.667 bits per heavy atom. The maximum atomic E-state index is 11.8. The average molecular weight is 410 g/mol. The summed E-state index contributed by atoms with van der Waals surface area (Å²) >= 11 is 0. The van der Waals surface area contributed by atoms with Gasteiger partial charge in [0.05, 0.1) is 6.42 Å². The van der Waals surface area contributed by atoms with Crippen LogP contribution in [-0.2, 0) is 4.79 Å². The van der Waals surface area contributed by atoms with Gasteiger partial charge in [0.1, 0.15) is 0 Å². The molecule has 1 N–H and O–H groups in total. The summed E-state index contributed by atoms with van der Waals surface area (Å²) in [5.41, 5.74) is 2.12. The highest BCUT2D eigenvalue weighted by atomic mass is 31.1. The summed E-state index contributed by atoms with van der Waals surface area (Å²) in [7, 11) is -0.808. The maximum absolute atomic E-state index is 11.8. The second-order valence-corrected chi connectivity index (χ2v) is 9.31. The van der Waals surface area contributed by atoms with Crippen LogP contribution in [0.15, 0.2) is 115 Å². The SMILES string of the molecule is O=C(O)CC(c1ccccc1)c1ccccc1P(c1ccccc1)c1ccccc1. The zero-order valence-corrected chi connectivity index (χ0v) is 17.5. The summed E-state index contributed by atoms with van der Waals surface area (Å²) in [5, 5.41) is 13.4. The highest BCUT2D eigenvalue weighted by Crippen LogP contribution is 2.38. The Hall–Kier alpha value is -3.22. The topological polar surface area (TPSA) is 37.3 Å². The smallest absolute Gasteiger partial charge is 0.304 e. The normalized spacial score (nSPS) is 11.9. The number of hydrogen-bond donors (Lipinski definition) is 1. The molecule has 0 saturated carbocycles. The van der Waals surface area contributed by atoms with Crippen LogP contribution in [0.25, 0.3) is 0 Å². The molecule has 0 fully saturated rings. The van der Waals surface area contributed by atoms with Gasteiger partial charge in [0.2, 0.25) is 0 Å². The van der Waals surface area contributed by atoms with Gasteiger partial charge in [-0.3, -0.25) is 4.79 Å². The zero-order chi connectivity index (χ0) is 20.8. The lowest BCUT2D eigenvalue weighted by molar-refractivity contribution is -0.137. The van der Waals surface area contributed by atoms with Crippen molar-refractivity contribution in [3.05, 3.63) is 126 Å². The van der Waals surface area contributed by atoms with E-state index in [0.29, 0.717) is 0 Å². The molecule has 2 nitrogen and oxygen atoms in total. The second-order valence-electron chi connectivity index (χ2n) is 7.13. The molecule has 4 aromatic carbocycles. The molecule has 3 heteroatoms. The minimum atomic E-state index is -0.808. The Balaban J connectivity index is 1.90. The van der Waals surface area contributed by atoms with Crippen molar-refractivity contribution in [3.63, 3.8) is 0 Å². The van der Waals surface area contributed by atoms with Gasteiger partial charge in [-0.1, -0.05) is 115 Å². The molecule has 0 saturated heterocycles. The van der Waals surface area contributed by atoms with Crippen molar-refractivity contribution in [1.82, 2.24) is 0 Å². The summed E-state index contributed by atoms with van der Waals surface area (Å²) in [6, 6.07) is 39.3. The van der Waals surface area contributed by atoms with Crippen molar-refractivity contribution in [1.29, 1.82) is 0 Å². The van der Waals surface area contributed by atoms with Gasteiger partial charge >= 0.3 is 5.97 Å². The molecule has 4 aromatic rings. The van der Waals surface area contributed by atoms with Gasteiger partial charge < -0.3 is 5.11 Å². The summed E-state index contributed by atoms with van der Waals surface area (Å²) in [5.74, 6) is -0.986. The fraction of sp³-hybridized carbons (Fsp3) is 0.0741. The van der Waals surface area contributed by atoms with Crippen LogP contribution >= 0.6 is 7.92 Å². The van der Waals surface area contributed by atoms with E-state index in [-0.39, 0.29) is 12.3 Å². The molecule has 0 amide bonds. The largest absolute Gasteiger partial charge is 0.481 e. The van der Waals surface area contributed by atoms with E-state index in [9.17, 15) is 9.90 Å². The third kappa shape index (κ3) is 4.50. The van der Waals surface area contributed by atoms with Gasteiger partial charge in [-0.15, -0.1) is 0 Å². The number of hydrogen-bond acceptors (Lipinski definition) is 1. The van der Waals surface area contributed by atoms with E-state index >= 15 is 0 Å². The number of carboxylic acid groups (broad SMARTS) is 1. The summed E-state index contributed by atoms with van der Waals surface area (Å²) in [6.45, 7) is 0. The van der Waals surface area contributed by atoms with Gasteiger partial charge in [-0.05, 0) is 35.0 Å². The minimum Gasteiger partial charge on any atom is -0.481 e. The van der Waals surface area contributed by atoms with Crippen LogP contribution in [0, 0.1) is 0 Å². The van der Waals surface area contributed by atoms with E-state index in [1.54, 1.807) is 0 Å². The first-order chi connectivity index (χ1) is 14.7. The minimum absolute atomic E-state index is 0.0633. The molecule has 30 heavy (non-hydrogen) atoms. The summed E-state index contributed by atoms with van der Waals surface area (Å²) < 4.78 is 0. The third-order valence-corrected chi connectivity index (χ3v) is 7.68. The highest BCUT2D eigenvalue weighted by molar-refractivity contribution is 7.79. The Labute approximate surface area is 178 Å². The van der Waals surface area contributed by atoms with Crippen molar-refractivity contribution in [3.8, 4) is 0 Å². The summed E-state index contributed by atoms with van der Waals surface area (Å²) in [6.07, 6.45) is 0.0633. The molecule has 0 bridgehead atoms. The van der Waals surface area contributed by atoms with E-state index in [2.05, 4.69) is 66.7 Å². The third-order valence-electron chi connectivity index (χ3n) is 5.16. The highest BCUT2D eigenvalue weighted by Gasteiger charge is 2.25. The molecule has 0 aromatic heterocycles. The second kappa shape index (κ2) is 9.52. The molecule has 1 unspecified atom stereocenters. The quantitative estimate of drug-likeness (QED) is 0.433. The fourth-order valence-electron chi connectivity index (χ4n) is 3.83. The number of aliphatic carboxylic acids is 1. The lowest BCUT2D eigenvalue weighted by atomic mass is 9.88. The van der Waals surface area contributed by atoms with Crippen LogP contribution in [0.4, 0.5) is 0 Å². The monoisotopic (exact) mass is 410 g/mol. The number of benzene rings is 4. The Kier molecular flexibility index (Phi) is 6.37. The number of carbonyl (C=O) groups is 1. The Bertz CT molecular complexity index is 1060. The standard InChI is InChI=1S/C27H23O2P/c28-27(29)20-25(21-12-4-1-5-13-21)24-18-10-11-19-26(24)30(22-14-6-2-7-15-22)23-16-8-3-9-17-23/h1-19,25H,20H2,(H,28,29). The van der Waals surface area contributed by atoms with E-state index in [1.165, 1.54) is 15.9 Å². The van der Waals surface area contributed by atoms with Crippen LogP contribution < -0.4 is 15.9 Å². The van der Waals surface area contributed by atoms with Crippen molar-refractivity contribution in [2.45, 2.75) is 12.3 Å². The van der Waals surface area contributed by atoms with Gasteiger partial charge in [0.15, 0.2) is 0 Å². The van der Waals surface area contributed by atoms with Crippen LogP contribution in [0.2, 0.25) is 0 Å². The molecule has 0 aliphatic rings. The van der Waals surface area contributed by atoms with Crippen LogP contribution in [0.5, 0.6) is 0 Å². The van der Waals surface area contributed by atoms with E-state index in [1.807, 2.05) is 48.5 Å². The molecule has 0 radical (unpaired) electrons. The van der Waals surface area contributed by atoms with Crippen molar-refractivity contribution in [2.24, 2.45) is 0 Å². The fourth-order valence-corrected chi connectivity index (χ4v) is 6.35. The molecular formula is C27H23O2P.